The third-order valence-corrected chi connectivity index (χ3v) is 2.70. The van der Waals surface area contributed by atoms with Crippen LogP contribution in [0.3, 0.4) is 0 Å². The summed E-state index contributed by atoms with van der Waals surface area (Å²) in [5, 5.41) is 0. The molecule has 22 heavy (non-hydrogen) atoms. The third kappa shape index (κ3) is 8.93. The van der Waals surface area contributed by atoms with Gasteiger partial charge in [-0.05, 0) is 0 Å². The molecule has 0 aromatic carbocycles. The lowest BCUT2D eigenvalue weighted by Gasteiger charge is -2.08. The summed E-state index contributed by atoms with van der Waals surface area (Å²) < 4.78 is 19.5. The molecule has 0 saturated carbocycles. The highest BCUT2D eigenvalue weighted by molar-refractivity contribution is 5.78. The molecule has 1 fully saturated rings. The summed E-state index contributed by atoms with van der Waals surface area (Å²) in [6, 6.07) is 0. The molecule has 1 saturated heterocycles. The van der Waals surface area contributed by atoms with E-state index in [-0.39, 0.29) is 52.1 Å². The van der Waals surface area contributed by atoms with Crippen LogP contribution in [0.1, 0.15) is 38.5 Å². The molecule has 0 N–H and O–H groups in total. The summed E-state index contributed by atoms with van der Waals surface area (Å²) in [5.74, 6) is -2.01. The maximum absolute atomic E-state index is 11.3. The van der Waals surface area contributed by atoms with E-state index in [0.717, 1.165) is 0 Å². The second-order valence-electron chi connectivity index (χ2n) is 4.59. The van der Waals surface area contributed by atoms with E-state index in [1.165, 1.54) is 0 Å². The van der Waals surface area contributed by atoms with Gasteiger partial charge in [0.15, 0.2) is 0 Å². The molecule has 1 rings (SSSR count). The molecule has 0 spiro atoms. The second kappa shape index (κ2) is 10.6. The number of carbonyl (C=O) groups excluding carboxylic acids is 4. The maximum Gasteiger partial charge on any atom is 0.306 e. The number of esters is 4. The van der Waals surface area contributed by atoms with Crippen LogP contribution in [-0.2, 0) is 38.1 Å². The fraction of sp³-hybridized carbons (Fsp3) is 0.714. The van der Waals surface area contributed by atoms with Gasteiger partial charge in [0.05, 0.1) is 52.1 Å². The van der Waals surface area contributed by atoms with E-state index in [9.17, 15) is 19.2 Å². The summed E-state index contributed by atoms with van der Waals surface area (Å²) in [6.45, 7) is 0.402. The molecule has 8 nitrogen and oxygen atoms in total. The Morgan fingerprint density at radius 2 is 0.682 bits per heavy atom. The van der Waals surface area contributed by atoms with E-state index in [2.05, 4.69) is 0 Å². The largest absolute Gasteiger partial charge is 0.466 e. The Morgan fingerprint density at radius 1 is 0.455 bits per heavy atom. The van der Waals surface area contributed by atoms with Crippen LogP contribution in [0.5, 0.6) is 0 Å². The topological polar surface area (TPSA) is 105 Å². The van der Waals surface area contributed by atoms with Crippen molar-refractivity contribution in [2.75, 3.05) is 26.4 Å². The monoisotopic (exact) mass is 316 g/mol. The van der Waals surface area contributed by atoms with Gasteiger partial charge in [0.25, 0.3) is 0 Å². The standard InChI is InChI=1S/C14H20O8/c15-11-3-5-13(17)21-9-2-10-22-14(18)6-4-12(16)20-8-1-7-19-11/h1-10H2. The van der Waals surface area contributed by atoms with Crippen molar-refractivity contribution >= 4 is 23.9 Å². The SMILES string of the molecule is O=C1CCC(=O)OCCCOC(=O)CCC(=O)OCCCO1. The lowest BCUT2D eigenvalue weighted by molar-refractivity contribution is -0.154. The Hall–Kier alpha value is -2.12. The third-order valence-electron chi connectivity index (χ3n) is 2.70. The highest BCUT2D eigenvalue weighted by Crippen LogP contribution is 2.01. The summed E-state index contributed by atoms with van der Waals surface area (Å²) in [5.41, 5.74) is 0. The number of rotatable bonds is 0. The first-order chi connectivity index (χ1) is 10.6. The van der Waals surface area contributed by atoms with E-state index in [0.29, 0.717) is 12.8 Å². The molecule has 1 aliphatic heterocycles. The molecule has 0 aliphatic carbocycles. The van der Waals surface area contributed by atoms with Crippen LogP contribution >= 0.6 is 0 Å². The molecule has 1 aliphatic rings. The maximum atomic E-state index is 11.3. The lowest BCUT2D eigenvalue weighted by Crippen LogP contribution is -2.15. The predicted octanol–water partition coefficient (Wildman–Crippen LogP) is 0.513. The van der Waals surface area contributed by atoms with E-state index in [1.807, 2.05) is 0 Å². The van der Waals surface area contributed by atoms with Gasteiger partial charge >= 0.3 is 23.9 Å². The van der Waals surface area contributed by atoms with Crippen LogP contribution in [0.15, 0.2) is 0 Å². The smallest absolute Gasteiger partial charge is 0.306 e. The van der Waals surface area contributed by atoms with Crippen molar-refractivity contribution in [3.63, 3.8) is 0 Å². The van der Waals surface area contributed by atoms with Gasteiger partial charge in [-0.1, -0.05) is 0 Å². The molecule has 0 radical (unpaired) electrons. The summed E-state index contributed by atoms with van der Waals surface area (Å²) in [7, 11) is 0. The predicted molar refractivity (Wildman–Crippen MR) is 71.5 cm³/mol. The zero-order valence-corrected chi connectivity index (χ0v) is 12.3. The van der Waals surface area contributed by atoms with Crippen LogP contribution in [0.25, 0.3) is 0 Å². The summed E-state index contributed by atoms with van der Waals surface area (Å²) in [4.78, 5) is 45.3. The zero-order valence-electron chi connectivity index (χ0n) is 12.3. The number of cyclic esters (lactones) is 4. The fourth-order valence-corrected chi connectivity index (χ4v) is 1.56. The van der Waals surface area contributed by atoms with Crippen molar-refractivity contribution in [3.05, 3.63) is 0 Å². The molecule has 0 aromatic rings. The molecule has 0 atom stereocenters. The van der Waals surface area contributed by atoms with Gasteiger partial charge < -0.3 is 18.9 Å². The number of ether oxygens (including phenoxy) is 4. The van der Waals surface area contributed by atoms with Crippen molar-refractivity contribution < 1.29 is 38.1 Å². The summed E-state index contributed by atoms with van der Waals surface area (Å²) in [6.07, 6.45) is 0.459. The van der Waals surface area contributed by atoms with Crippen LogP contribution < -0.4 is 0 Å². The Balaban J connectivity index is 2.38. The van der Waals surface area contributed by atoms with Gasteiger partial charge in [0.1, 0.15) is 0 Å². The average Bonchev–Trinajstić information content (AvgIpc) is 2.49. The normalized spacial score (nSPS) is 20.7. The molecular formula is C14H20O8. The first kappa shape index (κ1) is 17.9. The Kier molecular flexibility index (Phi) is 8.63. The van der Waals surface area contributed by atoms with Crippen molar-refractivity contribution in [1.29, 1.82) is 0 Å². The van der Waals surface area contributed by atoms with E-state index >= 15 is 0 Å². The van der Waals surface area contributed by atoms with E-state index in [4.69, 9.17) is 18.9 Å². The Bertz CT molecular complexity index is 330. The minimum Gasteiger partial charge on any atom is -0.466 e. The van der Waals surface area contributed by atoms with Crippen molar-refractivity contribution in [2.45, 2.75) is 38.5 Å². The van der Waals surface area contributed by atoms with Crippen LogP contribution in [0, 0.1) is 0 Å². The van der Waals surface area contributed by atoms with Crippen molar-refractivity contribution in [3.8, 4) is 0 Å². The minimum atomic E-state index is -0.502. The van der Waals surface area contributed by atoms with Crippen molar-refractivity contribution in [1.82, 2.24) is 0 Å². The number of carbonyl (C=O) groups is 4. The first-order valence-corrected chi connectivity index (χ1v) is 7.20. The number of hydrogen-bond donors (Lipinski definition) is 0. The minimum absolute atomic E-state index is 0.0619. The quantitative estimate of drug-likeness (QED) is 0.470. The molecule has 124 valence electrons. The highest BCUT2D eigenvalue weighted by Gasteiger charge is 2.12. The molecule has 0 unspecified atom stereocenters. The van der Waals surface area contributed by atoms with Crippen LogP contribution in [0.4, 0.5) is 0 Å². The van der Waals surface area contributed by atoms with Crippen LogP contribution in [0.2, 0.25) is 0 Å². The molecule has 0 aromatic heterocycles. The molecular weight excluding hydrogens is 296 g/mol. The highest BCUT2D eigenvalue weighted by atomic mass is 16.6. The average molecular weight is 316 g/mol. The van der Waals surface area contributed by atoms with Gasteiger partial charge in [0.2, 0.25) is 0 Å². The zero-order chi connectivity index (χ0) is 16.2. The van der Waals surface area contributed by atoms with Gasteiger partial charge in [-0.2, -0.15) is 0 Å². The molecule has 0 amide bonds. The van der Waals surface area contributed by atoms with Crippen molar-refractivity contribution in [2.24, 2.45) is 0 Å². The van der Waals surface area contributed by atoms with E-state index < -0.39 is 23.9 Å². The van der Waals surface area contributed by atoms with E-state index in [1.54, 1.807) is 0 Å². The van der Waals surface area contributed by atoms with Crippen LogP contribution in [-0.4, -0.2) is 50.3 Å². The first-order valence-electron chi connectivity index (χ1n) is 7.20. The Morgan fingerprint density at radius 3 is 0.909 bits per heavy atom. The van der Waals surface area contributed by atoms with Gasteiger partial charge in [-0.15, -0.1) is 0 Å². The fourth-order valence-electron chi connectivity index (χ4n) is 1.56. The van der Waals surface area contributed by atoms with Gasteiger partial charge in [-0.3, -0.25) is 19.2 Å². The molecule has 0 bridgehead atoms. The lowest BCUT2D eigenvalue weighted by atomic mass is 10.3. The second-order valence-corrected chi connectivity index (χ2v) is 4.59. The van der Waals surface area contributed by atoms with Gasteiger partial charge in [-0.25, -0.2) is 0 Å². The summed E-state index contributed by atoms with van der Waals surface area (Å²) >= 11 is 0. The van der Waals surface area contributed by atoms with Gasteiger partial charge in [0, 0.05) is 12.8 Å². The number of hydrogen-bond acceptors (Lipinski definition) is 8. The Labute approximate surface area is 128 Å². The molecule has 8 heteroatoms. The molecule has 1 heterocycles.